The molecule has 96 valence electrons. The highest BCUT2D eigenvalue weighted by atomic mass is 16.3. The molecule has 1 unspecified atom stereocenters. The van der Waals surface area contributed by atoms with Crippen LogP contribution in [0.5, 0.6) is 0 Å². The maximum atomic E-state index is 12.0. The number of piperidine rings is 1. The minimum absolute atomic E-state index is 0.0486. The molecule has 0 spiro atoms. The Morgan fingerprint density at radius 2 is 2.33 bits per heavy atom. The molecule has 2 rings (SSSR count). The van der Waals surface area contributed by atoms with Gasteiger partial charge in [-0.3, -0.25) is 0 Å². The molecule has 18 heavy (non-hydrogen) atoms. The molecular formula is C12H16N4O2. The molecule has 1 aliphatic rings. The smallest absolute Gasteiger partial charge is 0.321 e. The van der Waals surface area contributed by atoms with Crippen molar-refractivity contribution in [2.75, 3.05) is 18.4 Å². The molecule has 1 aromatic carbocycles. The van der Waals surface area contributed by atoms with Crippen LogP contribution < -0.4 is 11.1 Å². The van der Waals surface area contributed by atoms with E-state index in [0.717, 1.165) is 12.8 Å². The number of hydrogen-bond donors (Lipinski definition) is 2. The summed E-state index contributed by atoms with van der Waals surface area (Å²) in [6, 6.07) is 6.37. The van der Waals surface area contributed by atoms with Crippen LogP contribution in [0.2, 0.25) is 0 Å². The maximum absolute atomic E-state index is 12.0. The molecule has 1 heterocycles. The van der Waals surface area contributed by atoms with Crippen LogP contribution in [0.1, 0.15) is 12.8 Å². The highest BCUT2D eigenvalue weighted by Crippen LogP contribution is 2.18. The Balaban J connectivity index is 1.99. The summed E-state index contributed by atoms with van der Waals surface area (Å²) in [6.45, 7) is 1.28. The minimum Gasteiger partial charge on any atom is -0.326 e. The summed E-state index contributed by atoms with van der Waals surface area (Å²) in [5.41, 5.74) is 6.68. The summed E-state index contributed by atoms with van der Waals surface area (Å²) < 4.78 is 0. The van der Waals surface area contributed by atoms with Crippen LogP contribution in [0.15, 0.2) is 29.4 Å². The van der Waals surface area contributed by atoms with Gasteiger partial charge in [-0.2, -0.15) is 0 Å². The Morgan fingerprint density at radius 3 is 3.06 bits per heavy atom. The Bertz CT molecular complexity index is 449. The largest absolute Gasteiger partial charge is 0.326 e. The van der Waals surface area contributed by atoms with E-state index in [9.17, 15) is 9.70 Å². The Kier molecular flexibility index (Phi) is 3.88. The van der Waals surface area contributed by atoms with Gasteiger partial charge in [0, 0.05) is 24.8 Å². The van der Waals surface area contributed by atoms with Crippen LogP contribution in [-0.2, 0) is 0 Å². The van der Waals surface area contributed by atoms with Crippen LogP contribution in [0, 0.1) is 4.91 Å². The van der Waals surface area contributed by atoms with Gasteiger partial charge in [0.25, 0.3) is 0 Å². The van der Waals surface area contributed by atoms with E-state index in [1.807, 2.05) is 0 Å². The molecule has 0 saturated carbocycles. The molecule has 1 aliphatic heterocycles. The van der Waals surface area contributed by atoms with E-state index in [2.05, 4.69) is 10.5 Å². The first-order chi connectivity index (χ1) is 8.69. The number of carbonyl (C=O) groups is 1. The number of urea groups is 1. The quantitative estimate of drug-likeness (QED) is 0.785. The molecule has 0 aliphatic carbocycles. The Hall–Kier alpha value is -1.95. The van der Waals surface area contributed by atoms with Crippen molar-refractivity contribution in [3.8, 4) is 0 Å². The molecule has 1 aromatic rings. The van der Waals surface area contributed by atoms with E-state index in [1.165, 1.54) is 6.07 Å². The van der Waals surface area contributed by atoms with Crippen molar-refractivity contribution < 1.29 is 4.79 Å². The van der Waals surface area contributed by atoms with Gasteiger partial charge in [0.1, 0.15) is 5.69 Å². The van der Waals surface area contributed by atoms with Gasteiger partial charge < -0.3 is 16.0 Å². The fraction of sp³-hybridized carbons (Fsp3) is 0.417. The molecule has 0 radical (unpaired) electrons. The Labute approximate surface area is 105 Å². The van der Waals surface area contributed by atoms with Crippen LogP contribution >= 0.6 is 0 Å². The summed E-state index contributed by atoms with van der Waals surface area (Å²) in [4.78, 5) is 24.1. The van der Waals surface area contributed by atoms with E-state index in [-0.39, 0.29) is 12.1 Å². The number of likely N-dealkylation sites (tertiary alicyclic amines) is 1. The van der Waals surface area contributed by atoms with Crippen LogP contribution in [0.4, 0.5) is 16.2 Å². The summed E-state index contributed by atoms with van der Waals surface area (Å²) in [5.74, 6) is 0. The van der Waals surface area contributed by atoms with E-state index >= 15 is 0 Å². The van der Waals surface area contributed by atoms with Gasteiger partial charge >= 0.3 is 6.03 Å². The van der Waals surface area contributed by atoms with Crippen LogP contribution in [0.25, 0.3) is 0 Å². The number of nitrogens with two attached hydrogens (primary N) is 1. The number of benzene rings is 1. The molecule has 6 heteroatoms. The molecule has 0 aromatic heterocycles. The average molecular weight is 248 g/mol. The third kappa shape index (κ3) is 3.04. The normalized spacial score (nSPS) is 19.4. The number of nitrogens with zero attached hydrogens (tertiary/aromatic N) is 2. The van der Waals surface area contributed by atoms with Gasteiger partial charge in [0.15, 0.2) is 0 Å². The zero-order chi connectivity index (χ0) is 13.0. The van der Waals surface area contributed by atoms with Gasteiger partial charge in [-0.05, 0) is 36.2 Å². The van der Waals surface area contributed by atoms with E-state index in [0.29, 0.717) is 24.5 Å². The highest BCUT2D eigenvalue weighted by Gasteiger charge is 2.21. The Morgan fingerprint density at radius 1 is 1.50 bits per heavy atom. The SMILES string of the molecule is NC1CCCN(C(=O)Nc2cccc(N=O)c2)C1. The van der Waals surface area contributed by atoms with Crippen molar-refractivity contribution in [2.45, 2.75) is 18.9 Å². The topological polar surface area (TPSA) is 87.8 Å². The first-order valence-corrected chi connectivity index (χ1v) is 5.94. The maximum Gasteiger partial charge on any atom is 0.321 e. The predicted octanol–water partition coefficient (Wildman–Crippen LogP) is 2.04. The van der Waals surface area contributed by atoms with Crippen molar-refractivity contribution in [3.63, 3.8) is 0 Å². The second-order valence-corrected chi connectivity index (χ2v) is 4.42. The fourth-order valence-corrected chi connectivity index (χ4v) is 2.04. The zero-order valence-corrected chi connectivity index (χ0v) is 10.0. The lowest BCUT2D eigenvalue weighted by atomic mass is 10.1. The molecule has 1 fully saturated rings. The fourth-order valence-electron chi connectivity index (χ4n) is 2.04. The van der Waals surface area contributed by atoms with Gasteiger partial charge in [-0.1, -0.05) is 6.07 Å². The lowest BCUT2D eigenvalue weighted by Crippen LogP contribution is -2.47. The highest BCUT2D eigenvalue weighted by molar-refractivity contribution is 5.89. The van der Waals surface area contributed by atoms with Gasteiger partial charge in [-0.25, -0.2) is 4.79 Å². The summed E-state index contributed by atoms with van der Waals surface area (Å²) in [7, 11) is 0. The molecule has 6 nitrogen and oxygen atoms in total. The number of rotatable bonds is 2. The van der Waals surface area contributed by atoms with E-state index < -0.39 is 0 Å². The van der Waals surface area contributed by atoms with Crippen molar-refractivity contribution in [1.29, 1.82) is 0 Å². The predicted molar refractivity (Wildman–Crippen MR) is 69.7 cm³/mol. The van der Waals surface area contributed by atoms with E-state index in [4.69, 9.17) is 5.73 Å². The molecule has 1 saturated heterocycles. The summed E-state index contributed by atoms with van der Waals surface area (Å²) >= 11 is 0. The van der Waals surface area contributed by atoms with Gasteiger partial charge in [0.2, 0.25) is 0 Å². The van der Waals surface area contributed by atoms with Gasteiger partial charge in [0.05, 0.1) is 0 Å². The van der Waals surface area contributed by atoms with Crippen molar-refractivity contribution >= 4 is 17.4 Å². The third-order valence-electron chi connectivity index (χ3n) is 2.95. The minimum atomic E-state index is -0.187. The number of hydrogen-bond acceptors (Lipinski definition) is 4. The third-order valence-corrected chi connectivity index (χ3v) is 2.95. The first kappa shape index (κ1) is 12.5. The van der Waals surface area contributed by atoms with Crippen molar-refractivity contribution in [1.82, 2.24) is 4.90 Å². The van der Waals surface area contributed by atoms with Gasteiger partial charge in [-0.15, -0.1) is 4.91 Å². The molecule has 0 bridgehead atoms. The standard InChI is InChI=1S/C12H16N4O2/c13-9-3-2-6-16(8-9)12(17)14-10-4-1-5-11(7-10)15-18/h1,4-5,7,9H,2-3,6,8,13H2,(H,14,17). The summed E-state index contributed by atoms with van der Waals surface area (Å²) in [6.07, 6.45) is 1.87. The molecule has 1 atom stereocenters. The molecule has 3 N–H and O–H groups in total. The lowest BCUT2D eigenvalue weighted by molar-refractivity contribution is 0.193. The van der Waals surface area contributed by atoms with E-state index in [1.54, 1.807) is 23.1 Å². The van der Waals surface area contributed by atoms with Crippen molar-refractivity contribution in [2.24, 2.45) is 10.9 Å². The number of anilines is 1. The summed E-state index contributed by atoms with van der Waals surface area (Å²) in [5, 5.41) is 5.57. The molecule has 2 amide bonds. The second-order valence-electron chi connectivity index (χ2n) is 4.42. The zero-order valence-electron chi connectivity index (χ0n) is 10.0. The number of carbonyl (C=O) groups excluding carboxylic acids is 1. The number of amides is 2. The number of nitroso groups, excluding NO2 is 1. The van der Waals surface area contributed by atoms with Crippen molar-refractivity contribution in [3.05, 3.63) is 29.2 Å². The second kappa shape index (κ2) is 5.59. The lowest BCUT2D eigenvalue weighted by Gasteiger charge is -2.30. The van der Waals surface area contributed by atoms with Crippen LogP contribution in [0.3, 0.4) is 0 Å². The first-order valence-electron chi connectivity index (χ1n) is 5.94. The monoisotopic (exact) mass is 248 g/mol. The van der Waals surface area contributed by atoms with Crippen LogP contribution in [-0.4, -0.2) is 30.1 Å². The number of nitrogens with one attached hydrogen (secondary N) is 1. The average Bonchev–Trinajstić information content (AvgIpc) is 2.39. The molecular weight excluding hydrogens is 232 g/mol.